The van der Waals surface area contributed by atoms with E-state index in [0.29, 0.717) is 22.4 Å². The van der Waals surface area contributed by atoms with Crippen molar-refractivity contribution in [2.24, 2.45) is 0 Å². The molecule has 0 bridgehead atoms. The number of Topliss-reactive ketones (excluding diaryl/α,β-unsaturated/α-hetero) is 1. The van der Waals surface area contributed by atoms with Gasteiger partial charge in [-0.1, -0.05) is 0 Å². The van der Waals surface area contributed by atoms with Crippen LogP contribution in [0, 0.1) is 0 Å². The van der Waals surface area contributed by atoms with Crippen molar-refractivity contribution < 1.29 is 33.3 Å². The van der Waals surface area contributed by atoms with E-state index < -0.39 is 23.8 Å². The Hall–Kier alpha value is -2.42. The molecule has 8 heteroatoms. The highest BCUT2D eigenvalue weighted by molar-refractivity contribution is 6.07. The van der Waals surface area contributed by atoms with Gasteiger partial charge in [0, 0.05) is 18.1 Å². The summed E-state index contributed by atoms with van der Waals surface area (Å²) in [4.78, 5) is 24.5. The number of ketones is 1. The van der Waals surface area contributed by atoms with Crippen LogP contribution in [0.5, 0.6) is 11.5 Å². The molecule has 4 aliphatic rings. The highest BCUT2D eigenvalue weighted by Gasteiger charge is 2.63. The number of hydrogen-bond donors (Lipinski definition) is 1. The van der Waals surface area contributed by atoms with Gasteiger partial charge in [-0.25, -0.2) is 4.79 Å². The molecule has 0 saturated carbocycles. The van der Waals surface area contributed by atoms with E-state index in [4.69, 9.17) is 23.4 Å². The van der Waals surface area contributed by atoms with E-state index in [9.17, 15) is 14.7 Å². The van der Waals surface area contributed by atoms with E-state index >= 15 is 0 Å². The standard InChI is InChI=1S/C17H12O8/c1-21-6-3-7-11(12-14-17(24-14)25-16(12)22-7)13-10(6)8-4(18)2-5(19)9(8)15(20)23-13/h3-4,12,14,16-18H,2H2,1H3/t4-,12+,14?,16-,17?/m0/s1. The molecule has 2 saturated heterocycles. The van der Waals surface area contributed by atoms with Crippen LogP contribution in [0.25, 0.3) is 11.0 Å². The van der Waals surface area contributed by atoms with Crippen LogP contribution in [0.4, 0.5) is 0 Å². The minimum atomic E-state index is -1.07. The van der Waals surface area contributed by atoms with Gasteiger partial charge in [0.05, 0.1) is 30.1 Å². The van der Waals surface area contributed by atoms with Crippen molar-refractivity contribution in [3.63, 3.8) is 0 Å². The summed E-state index contributed by atoms with van der Waals surface area (Å²) in [5.41, 5.74) is 0.343. The van der Waals surface area contributed by atoms with E-state index in [1.807, 2.05) is 0 Å². The molecule has 5 atom stereocenters. The second-order valence-electron chi connectivity index (χ2n) is 6.63. The third-order valence-electron chi connectivity index (χ3n) is 5.37. The monoisotopic (exact) mass is 344 g/mol. The molecular formula is C17H12O8. The van der Waals surface area contributed by atoms with E-state index in [0.717, 1.165) is 0 Å². The molecule has 4 heterocycles. The summed E-state index contributed by atoms with van der Waals surface area (Å²) in [6.07, 6.45) is -2.15. The average Bonchev–Trinajstić information content (AvgIpc) is 2.94. The highest BCUT2D eigenvalue weighted by atomic mass is 16.8. The molecule has 1 aliphatic carbocycles. The average molecular weight is 344 g/mol. The van der Waals surface area contributed by atoms with Gasteiger partial charge in [0.2, 0.25) is 6.29 Å². The minimum Gasteiger partial charge on any atom is -0.496 e. The number of epoxide rings is 1. The number of aliphatic hydroxyl groups is 1. The predicted molar refractivity (Wildman–Crippen MR) is 79.8 cm³/mol. The maximum atomic E-state index is 12.4. The quantitative estimate of drug-likeness (QED) is 0.602. The summed E-state index contributed by atoms with van der Waals surface area (Å²) in [6.45, 7) is 0. The first-order valence-corrected chi connectivity index (χ1v) is 7.99. The van der Waals surface area contributed by atoms with Gasteiger partial charge in [-0.2, -0.15) is 0 Å². The van der Waals surface area contributed by atoms with Crippen molar-refractivity contribution in [1.29, 1.82) is 0 Å². The Labute approximate surface area is 139 Å². The third-order valence-corrected chi connectivity index (χ3v) is 5.37. The molecule has 0 radical (unpaired) electrons. The maximum Gasteiger partial charge on any atom is 0.347 e. The molecule has 6 rings (SSSR count). The van der Waals surface area contributed by atoms with Gasteiger partial charge in [-0.15, -0.1) is 0 Å². The maximum absolute atomic E-state index is 12.4. The van der Waals surface area contributed by atoms with E-state index in [1.54, 1.807) is 6.07 Å². The van der Waals surface area contributed by atoms with E-state index in [-0.39, 0.29) is 41.4 Å². The molecule has 2 fully saturated rings. The van der Waals surface area contributed by atoms with Gasteiger partial charge >= 0.3 is 5.63 Å². The summed E-state index contributed by atoms with van der Waals surface area (Å²) in [5.74, 6) is 0.222. The van der Waals surface area contributed by atoms with Gasteiger partial charge in [0.15, 0.2) is 12.1 Å². The molecule has 0 spiro atoms. The van der Waals surface area contributed by atoms with Crippen LogP contribution in [-0.2, 0) is 9.47 Å². The van der Waals surface area contributed by atoms with Crippen LogP contribution >= 0.6 is 0 Å². The molecular weight excluding hydrogens is 332 g/mol. The topological polar surface area (TPSA) is 108 Å². The largest absolute Gasteiger partial charge is 0.496 e. The summed E-state index contributed by atoms with van der Waals surface area (Å²) >= 11 is 0. The van der Waals surface area contributed by atoms with Gasteiger partial charge in [-0.05, 0) is 0 Å². The molecule has 25 heavy (non-hydrogen) atoms. The first kappa shape index (κ1) is 13.8. The first-order chi connectivity index (χ1) is 12.1. The summed E-state index contributed by atoms with van der Waals surface area (Å²) in [5, 5.41) is 10.8. The molecule has 3 aliphatic heterocycles. The molecule has 128 valence electrons. The highest BCUT2D eigenvalue weighted by Crippen LogP contribution is 2.57. The number of rotatable bonds is 1. The van der Waals surface area contributed by atoms with Crippen molar-refractivity contribution >= 4 is 16.8 Å². The molecule has 8 nitrogen and oxygen atoms in total. The lowest BCUT2D eigenvalue weighted by atomic mass is 9.93. The Kier molecular flexibility index (Phi) is 2.33. The Morgan fingerprint density at radius 1 is 1.20 bits per heavy atom. The van der Waals surface area contributed by atoms with Crippen molar-refractivity contribution in [3.8, 4) is 11.5 Å². The van der Waals surface area contributed by atoms with Crippen LogP contribution in [0.1, 0.15) is 39.9 Å². The fraction of sp³-hybridized carbons (Fsp3) is 0.412. The second-order valence-corrected chi connectivity index (χ2v) is 6.63. The molecule has 0 amide bonds. The Balaban J connectivity index is 1.75. The SMILES string of the molecule is COc1cc2c(c3oc(=O)c4c(c13)[C@@H](O)CC4=O)[C@@H]1C3OC3O[C@@H]1O2. The third kappa shape index (κ3) is 1.53. The lowest BCUT2D eigenvalue weighted by molar-refractivity contribution is -0.109. The lowest BCUT2D eigenvalue weighted by Crippen LogP contribution is -2.19. The normalized spacial score (nSPS) is 33.7. The number of carbonyl (C=O) groups is 1. The second kappa shape index (κ2) is 4.21. The summed E-state index contributed by atoms with van der Waals surface area (Å²) < 4.78 is 27.8. The van der Waals surface area contributed by atoms with Crippen molar-refractivity contribution in [1.82, 2.24) is 0 Å². The van der Waals surface area contributed by atoms with Gasteiger partial charge < -0.3 is 28.5 Å². The van der Waals surface area contributed by atoms with Crippen LogP contribution in [0.3, 0.4) is 0 Å². The Morgan fingerprint density at radius 2 is 2.04 bits per heavy atom. The molecule has 2 unspecified atom stereocenters. The number of fused-ring (bicyclic) bond motifs is 9. The Bertz CT molecular complexity index is 1040. The first-order valence-electron chi connectivity index (χ1n) is 7.99. The van der Waals surface area contributed by atoms with Crippen LogP contribution < -0.4 is 15.1 Å². The van der Waals surface area contributed by atoms with Crippen molar-refractivity contribution in [2.45, 2.75) is 37.1 Å². The van der Waals surface area contributed by atoms with Crippen molar-refractivity contribution in [2.75, 3.05) is 7.11 Å². The van der Waals surface area contributed by atoms with Crippen LogP contribution in [-0.4, -0.2) is 36.7 Å². The molecule has 1 aromatic carbocycles. The number of ether oxygens (including phenoxy) is 4. The zero-order chi connectivity index (χ0) is 17.0. The fourth-order valence-electron chi connectivity index (χ4n) is 4.29. The minimum absolute atomic E-state index is 0.100. The van der Waals surface area contributed by atoms with Crippen LogP contribution in [0.2, 0.25) is 0 Å². The van der Waals surface area contributed by atoms with Gasteiger partial charge in [-0.3, -0.25) is 4.79 Å². The summed E-state index contributed by atoms with van der Waals surface area (Å²) in [6, 6.07) is 1.67. The van der Waals surface area contributed by atoms with E-state index in [2.05, 4.69) is 0 Å². The lowest BCUT2D eigenvalue weighted by Gasteiger charge is -2.14. The number of benzene rings is 1. The number of methoxy groups -OCH3 is 1. The zero-order valence-electron chi connectivity index (χ0n) is 13.0. The molecule has 2 aromatic rings. The molecule has 1 aromatic heterocycles. The van der Waals surface area contributed by atoms with Gasteiger partial charge in [0.25, 0.3) is 0 Å². The summed E-state index contributed by atoms with van der Waals surface area (Å²) in [7, 11) is 1.47. The smallest absolute Gasteiger partial charge is 0.347 e. The van der Waals surface area contributed by atoms with Crippen LogP contribution in [0.15, 0.2) is 15.3 Å². The fourth-order valence-corrected chi connectivity index (χ4v) is 4.29. The number of hydrogen-bond acceptors (Lipinski definition) is 8. The molecule has 1 N–H and O–H groups in total. The van der Waals surface area contributed by atoms with Gasteiger partial charge in [0.1, 0.15) is 28.7 Å². The van der Waals surface area contributed by atoms with E-state index in [1.165, 1.54) is 7.11 Å². The number of aliphatic hydroxyl groups excluding tert-OH is 1. The predicted octanol–water partition coefficient (Wildman–Crippen LogP) is 0.979. The Morgan fingerprint density at radius 3 is 2.84 bits per heavy atom. The zero-order valence-corrected chi connectivity index (χ0v) is 13.0. The number of carbonyl (C=O) groups excluding carboxylic acids is 1. The van der Waals surface area contributed by atoms with Crippen molar-refractivity contribution in [3.05, 3.63) is 33.2 Å².